The first-order chi connectivity index (χ1) is 8.83. The van der Waals surface area contributed by atoms with Crippen LogP contribution in [0.15, 0.2) is 18.2 Å². The van der Waals surface area contributed by atoms with Crippen molar-refractivity contribution in [3.8, 4) is 5.75 Å². The molecule has 0 radical (unpaired) electrons. The normalized spacial score (nSPS) is 11.2. The van der Waals surface area contributed by atoms with Crippen LogP contribution in [0.2, 0.25) is 0 Å². The van der Waals surface area contributed by atoms with Crippen LogP contribution in [0.4, 0.5) is 18.9 Å². The fraction of sp³-hybridized carbons (Fsp3) is 0.417. The second-order valence-corrected chi connectivity index (χ2v) is 3.91. The summed E-state index contributed by atoms with van der Waals surface area (Å²) in [5.74, 6) is -0.416. The maximum absolute atomic E-state index is 12.0. The number of nitrogens with two attached hydrogens (primary N) is 1. The third-order valence-corrected chi connectivity index (χ3v) is 2.20. The molecule has 7 heteroatoms. The van der Waals surface area contributed by atoms with E-state index in [-0.39, 0.29) is 22.9 Å². The Morgan fingerprint density at radius 1 is 1.42 bits per heavy atom. The van der Waals surface area contributed by atoms with Crippen LogP contribution >= 0.6 is 0 Å². The molecular weight excluding hydrogens is 261 g/mol. The van der Waals surface area contributed by atoms with E-state index >= 15 is 0 Å². The Morgan fingerprint density at radius 3 is 2.63 bits per heavy atom. The third-order valence-electron chi connectivity index (χ3n) is 2.20. The van der Waals surface area contributed by atoms with Crippen molar-refractivity contribution in [2.75, 3.05) is 18.9 Å². The molecule has 0 aromatic heterocycles. The summed E-state index contributed by atoms with van der Waals surface area (Å²) in [5, 5.41) is 2.64. The van der Waals surface area contributed by atoms with Crippen LogP contribution in [-0.2, 0) is 0 Å². The lowest BCUT2D eigenvalue weighted by Gasteiger charge is -2.12. The SMILES string of the molecule is CCCNC(=O)c1ccc(OCC(F)(F)F)c(N)c1. The predicted molar refractivity (Wildman–Crippen MR) is 65.0 cm³/mol. The second kappa shape index (κ2) is 6.31. The topological polar surface area (TPSA) is 64.3 Å². The molecule has 0 aliphatic carbocycles. The minimum Gasteiger partial charge on any atom is -0.482 e. The van der Waals surface area contributed by atoms with Gasteiger partial charge in [-0.1, -0.05) is 6.92 Å². The Labute approximate surface area is 108 Å². The van der Waals surface area contributed by atoms with Crippen LogP contribution in [-0.4, -0.2) is 25.2 Å². The number of hydrogen-bond acceptors (Lipinski definition) is 3. The number of alkyl halides is 3. The zero-order chi connectivity index (χ0) is 14.5. The molecule has 1 rings (SSSR count). The number of rotatable bonds is 5. The van der Waals surface area contributed by atoms with Gasteiger partial charge in [0.15, 0.2) is 6.61 Å². The molecule has 1 aromatic carbocycles. The van der Waals surface area contributed by atoms with Crippen LogP contribution in [0.3, 0.4) is 0 Å². The lowest BCUT2D eigenvalue weighted by Crippen LogP contribution is -2.24. The van der Waals surface area contributed by atoms with Gasteiger partial charge in [-0.15, -0.1) is 0 Å². The number of amides is 1. The van der Waals surface area contributed by atoms with E-state index in [1.165, 1.54) is 18.2 Å². The molecule has 0 unspecified atom stereocenters. The highest BCUT2D eigenvalue weighted by Crippen LogP contribution is 2.25. The van der Waals surface area contributed by atoms with E-state index in [0.29, 0.717) is 6.54 Å². The van der Waals surface area contributed by atoms with E-state index in [2.05, 4.69) is 10.1 Å². The summed E-state index contributed by atoms with van der Waals surface area (Å²) in [4.78, 5) is 11.6. The Balaban J connectivity index is 2.71. The minimum absolute atomic E-state index is 0.00611. The lowest BCUT2D eigenvalue weighted by molar-refractivity contribution is -0.153. The summed E-state index contributed by atoms with van der Waals surface area (Å²) in [6.45, 7) is 1.01. The van der Waals surface area contributed by atoms with Gasteiger partial charge in [-0.2, -0.15) is 13.2 Å². The van der Waals surface area contributed by atoms with E-state index in [9.17, 15) is 18.0 Å². The first-order valence-corrected chi connectivity index (χ1v) is 5.70. The van der Waals surface area contributed by atoms with Gasteiger partial charge in [0.05, 0.1) is 5.69 Å². The fourth-order valence-corrected chi connectivity index (χ4v) is 1.32. The number of nitrogen functional groups attached to an aromatic ring is 1. The molecule has 0 heterocycles. The van der Waals surface area contributed by atoms with Gasteiger partial charge < -0.3 is 15.8 Å². The maximum atomic E-state index is 12.0. The van der Waals surface area contributed by atoms with Crippen molar-refractivity contribution in [3.05, 3.63) is 23.8 Å². The summed E-state index contributed by atoms with van der Waals surface area (Å²) < 4.78 is 40.5. The first kappa shape index (κ1) is 15.1. The molecule has 0 fully saturated rings. The van der Waals surface area contributed by atoms with Crippen molar-refractivity contribution in [3.63, 3.8) is 0 Å². The number of nitrogens with one attached hydrogen (secondary N) is 1. The summed E-state index contributed by atoms with van der Waals surface area (Å²) in [5.41, 5.74) is 5.82. The first-order valence-electron chi connectivity index (χ1n) is 5.70. The van der Waals surface area contributed by atoms with Crippen LogP contribution in [0.5, 0.6) is 5.75 Å². The number of halogens is 3. The average molecular weight is 276 g/mol. The number of carbonyl (C=O) groups is 1. The van der Waals surface area contributed by atoms with Gasteiger partial charge in [0.25, 0.3) is 5.91 Å². The van der Waals surface area contributed by atoms with Gasteiger partial charge in [-0.3, -0.25) is 4.79 Å². The minimum atomic E-state index is -4.43. The molecule has 3 N–H and O–H groups in total. The Kier molecular flexibility index (Phi) is 5.02. The monoisotopic (exact) mass is 276 g/mol. The van der Waals surface area contributed by atoms with Crippen LogP contribution in [0.1, 0.15) is 23.7 Å². The largest absolute Gasteiger partial charge is 0.482 e. The molecule has 0 saturated heterocycles. The summed E-state index contributed by atoms with van der Waals surface area (Å²) in [6, 6.07) is 3.91. The van der Waals surface area contributed by atoms with Crippen molar-refractivity contribution in [1.82, 2.24) is 5.32 Å². The zero-order valence-electron chi connectivity index (χ0n) is 10.4. The highest BCUT2D eigenvalue weighted by molar-refractivity contribution is 5.95. The Bertz CT molecular complexity index is 447. The van der Waals surface area contributed by atoms with Crippen molar-refractivity contribution in [1.29, 1.82) is 0 Å². The molecular formula is C12H15F3N2O2. The van der Waals surface area contributed by atoms with Gasteiger partial charge in [0.2, 0.25) is 0 Å². The summed E-state index contributed by atoms with van der Waals surface area (Å²) >= 11 is 0. The van der Waals surface area contributed by atoms with E-state index in [4.69, 9.17) is 5.73 Å². The summed E-state index contributed by atoms with van der Waals surface area (Å²) in [6.07, 6.45) is -3.64. The van der Waals surface area contributed by atoms with Gasteiger partial charge in [-0.25, -0.2) is 0 Å². The highest BCUT2D eigenvalue weighted by atomic mass is 19.4. The number of ether oxygens (including phenoxy) is 1. The van der Waals surface area contributed by atoms with E-state index in [1.54, 1.807) is 0 Å². The number of hydrogen-bond donors (Lipinski definition) is 2. The van der Waals surface area contributed by atoms with Crippen LogP contribution in [0, 0.1) is 0 Å². The maximum Gasteiger partial charge on any atom is 0.422 e. The van der Waals surface area contributed by atoms with E-state index in [1.807, 2.05) is 6.92 Å². The Morgan fingerprint density at radius 2 is 2.11 bits per heavy atom. The molecule has 19 heavy (non-hydrogen) atoms. The molecule has 4 nitrogen and oxygen atoms in total. The highest BCUT2D eigenvalue weighted by Gasteiger charge is 2.28. The molecule has 0 saturated carbocycles. The van der Waals surface area contributed by atoms with Crippen molar-refractivity contribution in [2.45, 2.75) is 19.5 Å². The third kappa shape index (κ3) is 5.07. The van der Waals surface area contributed by atoms with Gasteiger partial charge >= 0.3 is 6.18 Å². The van der Waals surface area contributed by atoms with Crippen molar-refractivity contribution >= 4 is 11.6 Å². The number of benzene rings is 1. The van der Waals surface area contributed by atoms with Crippen molar-refractivity contribution in [2.24, 2.45) is 0 Å². The van der Waals surface area contributed by atoms with E-state index in [0.717, 1.165) is 6.42 Å². The molecule has 0 bridgehead atoms. The molecule has 0 atom stereocenters. The molecule has 0 aliphatic heterocycles. The standard InChI is InChI=1S/C12H15F3N2O2/c1-2-5-17-11(18)8-3-4-10(9(16)6-8)19-7-12(13,14)15/h3-4,6H,2,5,7,16H2,1H3,(H,17,18). The average Bonchev–Trinajstić information content (AvgIpc) is 2.33. The Hall–Kier alpha value is -1.92. The number of anilines is 1. The lowest BCUT2D eigenvalue weighted by atomic mass is 10.1. The summed E-state index contributed by atoms with van der Waals surface area (Å²) in [7, 11) is 0. The quantitative estimate of drug-likeness (QED) is 0.811. The van der Waals surface area contributed by atoms with Crippen molar-refractivity contribution < 1.29 is 22.7 Å². The van der Waals surface area contributed by atoms with Gasteiger partial charge in [0.1, 0.15) is 5.75 Å². The van der Waals surface area contributed by atoms with E-state index < -0.39 is 12.8 Å². The molecule has 1 aromatic rings. The van der Waals surface area contributed by atoms with Crippen LogP contribution < -0.4 is 15.8 Å². The molecule has 0 spiro atoms. The smallest absolute Gasteiger partial charge is 0.422 e. The van der Waals surface area contributed by atoms with Gasteiger partial charge in [-0.05, 0) is 24.6 Å². The molecule has 1 amide bonds. The zero-order valence-corrected chi connectivity index (χ0v) is 10.4. The van der Waals surface area contributed by atoms with Gasteiger partial charge in [0, 0.05) is 12.1 Å². The molecule has 0 aliphatic rings. The predicted octanol–water partition coefficient (Wildman–Crippen LogP) is 2.35. The molecule has 106 valence electrons. The second-order valence-electron chi connectivity index (χ2n) is 3.91. The fourth-order valence-electron chi connectivity index (χ4n) is 1.32. The van der Waals surface area contributed by atoms with Crippen LogP contribution in [0.25, 0.3) is 0 Å². The number of carbonyl (C=O) groups excluding carboxylic acids is 1.